The fourth-order valence-electron chi connectivity index (χ4n) is 3.45. The van der Waals surface area contributed by atoms with Crippen LogP contribution in [-0.2, 0) is 13.1 Å². The second kappa shape index (κ2) is 9.42. The predicted molar refractivity (Wildman–Crippen MR) is 111 cm³/mol. The van der Waals surface area contributed by atoms with E-state index in [2.05, 4.69) is 46.1 Å². The fraction of sp³-hybridized carbons (Fsp3) is 0.348. The van der Waals surface area contributed by atoms with Crippen LogP contribution in [0.25, 0.3) is 0 Å². The Morgan fingerprint density at radius 2 is 1.93 bits per heavy atom. The molecule has 0 saturated carbocycles. The Morgan fingerprint density at radius 1 is 1.14 bits per heavy atom. The highest BCUT2D eigenvalue weighted by Gasteiger charge is 2.16. The summed E-state index contributed by atoms with van der Waals surface area (Å²) in [7, 11) is 2.11. The standard InChI is InChI=1S/C23H29N3O2/c1-18-15-22(19(2)26(18)17-21-11-7-14-28-21)23(27)24-12-8-13-25(3)16-20-9-5-4-6-10-20/h4-7,9-11,14-15H,8,12-13,16-17H2,1-3H3,(H,24,27). The molecule has 5 nitrogen and oxygen atoms in total. The van der Waals surface area contributed by atoms with Crippen LogP contribution in [0.5, 0.6) is 0 Å². The molecule has 0 aliphatic heterocycles. The Kier molecular flexibility index (Phi) is 6.71. The number of aromatic nitrogens is 1. The highest BCUT2D eigenvalue weighted by Crippen LogP contribution is 2.17. The van der Waals surface area contributed by atoms with Crippen LogP contribution in [0.3, 0.4) is 0 Å². The van der Waals surface area contributed by atoms with Gasteiger partial charge in [0, 0.05) is 24.5 Å². The minimum absolute atomic E-state index is 0.00972. The summed E-state index contributed by atoms with van der Waals surface area (Å²) in [6, 6.07) is 16.2. The summed E-state index contributed by atoms with van der Waals surface area (Å²) in [4.78, 5) is 14.9. The third-order valence-electron chi connectivity index (χ3n) is 5.01. The number of hydrogen-bond acceptors (Lipinski definition) is 3. The molecule has 28 heavy (non-hydrogen) atoms. The first-order valence-electron chi connectivity index (χ1n) is 9.74. The van der Waals surface area contributed by atoms with Gasteiger partial charge in [-0.1, -0.05) is 30.3 Å². The Hall–Kier alpha value is -2.79. The van der Waals surface area contributed by atoms with Crippen molar-refractivity contribution in [3.8, 4) is 0 Å². The van der Waals surface area contributed by atoms with Crippen LogP contribution in [0.15, 0.2) is 59.2 Å². The normalized spacial score (nSPS) is 11.1. The molecule has 0 radical (unpaired) electrons. The van der Waals surface area contributed by atoms with Crippen LogP contribution in [0, 0.1) is 13.8 Å². The number of carbonyl (C=O) groups is 1. The van der Waals surface area contributed by atoms with E-state index in [1.54, 1.807) is 6.26 Å². The minimum Gasteiger partial charge on any atom is -0.467 e. The zero-order valence-corrected chi connectivity index (χ0v) is 16.9. The number of nitrogens with one attached hydrogen (secondary N) is 1. The fourth-order valence-corrected chi connectivity index (χ4v) is 3.45. The molecule has 148 valence electrons. The quantitative estimate of drug-likeness (QED) is 0.572. The first-order valence-corrected chi connectivity index (χ1v) is 9.74. The van der Waals surface area contributed by atoms with E-state index in [1.165, 1.54) is 5.56 Å². The lowest BCUT2D eigenvalue weighted by Gasteiger charge is -2.16. The summed E-state index contributed by atoms with van der Waals surface area (Å²) in [5, 5.41) is 3.06. The van der Waals surface area contributed by atoms with Gasteiger partial charge in [0.1, 0.15) is 5.76 Å². The van der Waals surface area contributed by atoms with Crippen molar-refractivity contribution in [2.75, 3.05) is 20.1 Å². The molecule has 0 fully saturated rings. The van der Waals surface area contributed by atoms with Crippen molar-refractivity contribution in [1.82, 2.24) is 14.8 Å². The van der Waals surface area contributed by atoms with Gasteiger partial charge in [0.05, 0.1) is 18.4 Å². The molecule has 1 aromatic carbocycles. The maximum absolute atomic E-state index is 12.6. The van der Waals surface area contributed by atoms with E-state index in [4.69, 9.17) is 4.42 Å². The molecule has 0 aliphatic rings. The maximum Gasteiger partial charge on any atom is 0.253 e. The topological polar surface area (TPSA) is 50.4 Å². The van der Waals surface area contributed by atoms with Gasteiger partial charge >= 0.3 is 0 Å². The highest BCUT2D eigenvalue weighted by atomic mass is 16.3. The molecule has 3 rings (SSSR count). The number of aryl methyl sites for hydroxylation is 1. The molecule has 0 saturated heterocycles. The molecule has 2 aromatic heterocycles. The monoisotopic (exact) mass is 379 g/mol. The summed E-state index contributed by atoms with van der Waals surface area (Å²) in [6.45, 7) is 7.17. The van der Waals surface area contributed by atoms with Gasteiger partial charge in [0.15, 0.2) is 0 Å². The molecule has 0 unspecified atom stereocenters. The van der Waals surface area contributed by atoms with Gasteiger partial charge in [-0.25, -0.2) is 0 Å². The number of carbonyl (C=O) groups excluding carboxylic acids is 1. The van der Waals surface area contributed by atoms with Crippen molar-refractivity contribution in [2.45, 2.75) is 33.4 Å². The average Bonchev–Trinajstić information content (AvgIpc) is 3.30. The number of nitrogens with zero attached hydrogens (tertiary/aromatic N) is 2. The molecule has 0 aliphatic carbocycles. The summed E-state index contributed by atoms with van der Waals surface area (Å²) in [5.41, 5.74) is 4.06. The molecule has 0 atom stereocenters. The molecular formula is C23H29N3O2. The van der Waals surface area contributed by atoms with E-state index < -0.39 is 0 Å². The van der Waals surface area contributed by atoms with Gasteiger partial charge in [-0.05, 0) is 57.6 Å². The number of benzene rings is 1. The number of rotatable bonds is 9. The SMILES string of the molecule is Cc1cc(C(=O)NCCCN(C)Cc2ccccc2)c(C)n1Cc1ccco1. The third-order valence-corrected chi connectivity index (χ3v) is 5.01. The van der Waals surface area contributed by atoms with Gasteiger partial charge in [0.25, 0.3) is 5.91 Å². The van der Waals surface area contributed by atoms with E-state index in [-0.39, 0.29) is 5.91 Å². The second-order valence-corrected chi connectivity index (χ2v) is 7.28. The number of furan rings is 1. The van der Waals surface area contributed by atoms with Crippen LogP contribution in [0.1, 0.15) is 39.5 Å². The highest BCUT2D eigenvalue weighted by molar-refractivity contribution is 5.95. The van der Waals surface area contributed by atoms with Gasteiger partial charge in [0.2, 0.25) is 0 Å². The van der Waals surface area contributed by atoms with Crippen molar-refractivity contribution >= 4 is 5.91 Å². The lowest BCUT2D eigenvalue weighted by Crippen LogP contribution is -2.28. The van der Waals surface area contributed by atoms with Crippen LogP contribution in [0.4, 0.5) is 0 Å². The third kappa shape index (κ3) is 5.14. The predicted octanol–water partition coefficient (Wildman–Crippen LogP) is 4.00. The zero-order valence-electron chi connectivity index (χ0n) is 16.9. The first-order chi connectivity index (χ1) is 13.5. The van der Waals surface area contributed by atoms with E-state index in [0.717, 1.165) is 42.2 Å². The van der Waals surface area contributed by atoms with Crippen LogP contribution >= 0.6 is 0 Å². The molecule has 1 N–H and O–H groups in total. The zero-order chi connectivity index (χ0) is 19.9. The van der Waals surface area contributed by atoms with E-state index in [1.807, 2.05) is 38.1 Å². The molecule has 2 heterocycles. The second-order valence-electron chi connectivity index (χ2n) is 7.28. The molecular weight excluding hydrogens is 350 g/mol. The van der Waals surface area contributed by atoms with E-state index in [0.29, 0.717) is 13.1 Å². The van der Waals surface area contributed by atoms with Crippen molar-refractivity contribution < 1.29 is 9.21 Å². The molecule has 0 spiro atoms. The number of amides is 1. The van der Waals surface area contributed by atoms with Crippen LogP contribution < -0.4 is 5.32 Å². The largest absolute Gasteiger partial charge is 0.467 e. The van der Waals surface area contributed by atoms with Gasteiger partial charge in [-0.15, -0.1) is 0 Å². The molecule has 3 aromatic rings. The summed E-state index contributed by atoms with van der Waals surface area (Å²) in [5.74, 6) is 0.875. The van der Waals surface area contributed by atoms with Gasteiger partial charge in [-0.2, -0.15) is 0 Å². The Balaban J connectivity index is 1.47. The first kappa shape index (κ1) is 20.0. The lowest BCUT2D eigenvalue weighted by molar-refractivity contribution is 0.0951. The summed E-state index contributed by atoms with van der Waals surface area (Å²) in [6.07, 6.45) is 2.59. The van der Waals surface area contributed by atoms with Gasteiger partial charge in [-0.3, -0.25) is 4.79 Å². The molecule has 5 heteroatoms. The van der Waals surface area contributed by atoms with Crippen LogP contribution in [-0.4, -0.2) is 35.5 Å². The van der Waals surface area contributed by atoms with E-state index in [9.17, 15) is 4.79 Å². The van der Waals surface area contributed by atoms with E-state index >= 15 is 0 Å². The summed E-state index contributed by atoms with van der Waals surface area (Å²) < 4.78 is 7.55. The van der Waals surface area contributed by atoms with Gasteiger partial charge < -0.3 is 19.2 Å². The Labute approximate surface area is 167 Å². The van der Waals surface area contributed by atoms with Crippen molar-refractivity contribution in [1.29, 1.82) is 0 Å². The van der Waals surface area contributed by atoms with Crippen LogP contribution in [0.2, 0.25) is 0 Å². The number of hydrogen-bond donors (Lipinski definition) is 1. The average molecular weight is 380 g/mol. The van der Waals surface area contributed by atoms with Crippen molar-refractivity contribution in [3.05, 3.63) is 83.1 Å². The summed E-state index contributed by atoms with van der Waals surface area (Å²) >= 11 is 0. The smallest absolute Gasteiger partial charge is 0.253 e. The maximum atomic E-state index is 12.6. The van der Waals surface area contributed by atoms with Crippen molar-refractivity contribution in [3.63, 3.8) is 0 Å². The van der Waals surface area contributed by atoms with Crippen molar-refractivity contribution in [2.24, 2.45) is 0 Å². The molecule has 1 amide bonds. The lowest BCUT2D eigenvalue weighted by atomic mass is 10.2. The molecule has 0 bridgehead atoms. The Morgan fingerprint density at radius 3 is 2.64 bits per heavy atom. The minimum atomic E-state index is -0.00972. The Bertz CT molecular complexity index is 882.